The number of rotatable bonds is 9. The lowest BCUT2D eigenvalue weighted by atomic mass is 10.1. The molecule has 38 heavy (non-hydrogen) atoms. The fourth-order valence-electron chi connectivity index (χ4n) is 3.96. The number of hydrogen-bond donors (Lipinski definition) is 2. The molecule has 4 aromatic carbocycles. The van der Waals surface area contributed by atoms with Crippen LogP contribution in [0.5, 0.6) is 0 Å². The standard InChI is InChI=1S/C29H25FN6OS/c1-20(21-14-16-23(30)17-15-21)32-34-28(37)19-38-29-35-33-27(36(29)24-10-3-2-4-11-24)18-31-26-13-7-9-22-8-5-6-12-25(22)26/h2-17,31H,18-19H2,1H3,(H,34,37)/b32-20+. The Balaban J connectivity index is 1.30. The Labute approximate surface area is 223 Å². The van der Waals surface area contributed by atoms with Gasteiger partial charge in [0.25, 0.3) is 5.91 Å². The molecule has 5 aromatic rings. The number of fused-ring (bicyclic) bond motifs is 1. The first-order valence-electron chi connectivity index (χ1n) is 12.0. The van der Waals surface area contributed by atoms with E-state index in [2.05, 4.69) is 44.2 Å². The summed E-state index contributed by atoms with van der Waals surface area (Å²) in [5.41, 5.74) is 5.78. The maximum absolute atomic E-state index is 13.2. The number of hydrazone groups is 1. The second-order valence-electron chi connectivity index (χ2n) is 8.48. The van der Waals surface area contributed by atoms with Gasteiger partial charge in [-0.05, 0) is 48.2 Å². The highest BCUT2D eigenvalue weighted by Crippen LogP contribution is 2.25. The summed E-state index contributed by atoms with van der Waals surface area (Å²) in [5.74, 6) is 0.213. The van der Waals surface area contributed by atoms with Crippen molar-refractivity contribution in [2.45, 2.75) is 18.6 Å². The van der Waals surface area contributed by atoms with Crippen LogP contribution in [0.15, 0.2) is 107 Å². The number of benzene rings is 4. The fraction of sp³-hybridized carbons (Fsp3) is 0.103. The van der Waals surface area contributed by atoms with Gasteiger partial charge in [-0.15, -0.1) is 10.2 Å². The molecule has 0 aliphatic carbocycles. The van der Waals surface area contributed by atoms with Crippen LogP contribution in [0.25, 0.3) is 16.5 Å². The SMILES string of the molecule is C/C(=N\NC(=O)CSc1nnc(CNc2cccc3ccccc23)n1-c1ccccc1)c1ccc(F)cc1. The Morgan fingerprint density at radius 3 is 2.47 bits per heavy atom. The van der Waals surface area contributed by atoms with Crippen LogP contribution >= 0.6 is 11.8 Å². The maximum atomic E-state index is 13.2. The molecule has 0 radical (unpaired) electrons. The Kier molecular flexibility index (Phi) is 7.75. The van der Waals surface area contributed by atoms with E-state index < -0.39 is 0 Å². The molecule has 190 valence electrons. The van der Waals surface area contributed by atoms with Crippen LogP contribution in [0.2, 0.25) is 0 Å². The minimum Gasteiger partial charge on any atom is -0.377 e. The molecule has 0 unspecified atom stereocenters. The summed E-state index contributed by atoms with van der Waals surface area (Å²) in [6.07, 6.45) is 0. The quantitative estimate of drug-likeness (QED) is 0.145. The Morgan fingerprint density at radius 1 is 0.921 bits per heavy atom. The van der Waals surface area contributed by atoms with E-state index >= 15 is 0 Å². The van der Waals surface area contributed by atoms with E-state index in [4.69, 9.17) is 0 Å². The molecular weight excluding hydrogens is 499 g/mol. The first-order chi connectivity index (χ1) is 18.6. The predicted molar refractivity (Wildman–Crippen MR) is 150 cm³/mol. The van der Waals surface area contributed by atoms with Crippen molar-refractivity contribution < 1.29 is 9.18 Å². The van der Waals surface area contributed by atoms with Crippen LogP contribution in [0.1, 0.15) is 18.3 Å². The molecule has 1 amide bonds. The van der Waals surface area contributed by atoms with Gasteiger partial charge in [0.15, 0.2) is 11.0 Å². The monoisotopic (exact) mass is 524 g/mol. The topological polar surface area (TPSA) is 84.2 Å². The van der Waals surface area contributed by atoms with E-state index in [-0.39, 0.29) is 17.5 Å². The van der Waals surface area contributed by atoms with Crippen molar-refractivity contribution in [2.75, 3.05) is 11.1 Å². The number of thioether (sulfide) groups is 1. The van der Waals surface area contributed by atoms with Gasteiger partial charge in [0.1, 0.15) is 5.82 Å². The molecule has 0 bridgehead atoms. The number of carbonyl (C=O) groups is 1. The fourth-order valence-corrected chi connectivity index (χ4v) is 4.73. The van der Waals surface area contributed by atoms with Crippen molar-refractivity contribution in [1.82, 2.24) is 20.2 Å². The lowest BCUT2D eigenvalue weighted by Gasteiger charge is -2.12. The molecule has 0 spiro atoms. The van der Waals surface area contributed by atoms with Crippen molar-refractivity contribution >= 4 is 39.8 Å². The molecular formula is C29H25FN6OS. The molecule has 1 aromatic heterocycles. The summed E-state index contributed by atoms with van der Waals surface area (Å²) in [6.45, 7) is 2.20. The molecule has 7 nitrogen and oxygen atoms in total. The number of nitrogens with zero attached hydrogens (tertiary/aromatic N) is 4. The zero-order valence-electron chi connectivity index (χ0n) is 20.6. The number of halogens is 1. The molecule has 5 rings (SSSR count). The summed E-state index contributed by atoms with van der Waals surface area (Å²) in [5, 5.41) is 19.3. The van der Waals surface area contributed by atoms with Gasteiger partial charge < -0.3 is 5.32 Å². The van der Waals surface area contributed by atoms with E-state index in [1.165, 1.54) is 23.9 Å². The van der Waals surface area contributed by atoms with Crippen molar-refractivity contribution in [1.29, 1.82) is 0 Å². The van der Waals surface area contributed by atoms with Crippen LogP contribution in [0.3, 0.4) is 0 Å². The van der Waals surface area contributed by atoms with Crippen molar-refractivity contribution in [2.24, 2.45) is 5.10 Å². The summed E-state index contributed by atoms with van der Waals surface area (Å²) in [4.78, 5) is 12.5. The predicted octanol–water partition coefficient (Wildman–Crippen LogP) is 5.80. The Morgan fingerprint density at radius 2 is 1.66 bits per heavy atom. The van der Waals surface area contributed by atoms with Gasteiger partial charge in [-0.1, -0.05) is 78.5 Å². The van der Waals surface area contributed by atoms with Gasteiger partial charge in [0.2, 0.25) is 0 Å². The molecule has 0 aliphatic rings. The smallest absolute Gasteiger partial charge is 0.250 e. The average Bonchev–Trinajstić information content (AvgIpc) is 3.37. The molecule has 0 fully saturated rings. The highest BCUT2D eigenvalue weighted by Gasteiger charge is 2.16. The zero-order valence-corrected chi connectivity index (χ0v) is 21.5. The molecule has 9 heteroatoms. The van der Waals surface area contributed by atoms with Gasteiger partial charge in [0, 0.05) is 16.8 Å². The number of carbonyl (C=O) groups excluding carboxylic acids is 1. The molecule has 1 heterocycles. The average molecular weight is 525 g/mol. The lowest BCUT2D eigenvalue weighted by molar-refractivity contribution is -0.118. The number of amides is 1. The Bertz CT molecular complexity index is 1580. The van der Waals surface area contributed by atoms with Crippen molar-refractivity contribution in [3.63, 3.8) is 0 Å². The number of aromatic nitrogens is 3. The zero-order chi connectivity index (χ0) is 26.3. The minimum absolute atomic E-state index is 0.0991. The van der Waals surface area contributed by atoms with Gasteiger partial charge in [-0.2, -0.15) is 5.10 Å². The van der Waals surface area contributed by atoms with E-state index in [0.29, 0.717) is 17.4 Å². The van der Waals surface area contributed by atoms with Crippen molar-refractivity contribution in [3.8, 4) is 5.69 Å². The molecule has 0 saturated carbocycles. The molecule has 0 saturated heterocycles. The first kappa shape index (κ1) is 25.2. The van der Waals surface area contributed by atoms with Crippen LogP contribution in [0, 0.1) is 5.82 Å². The van der Waals surface area contributed by atoms with Crippen LogP contribution in [-0.2, 0) is 11.3 Å². The first-order valence-corrected chi connectivity index (χ1v) is 13.0. The lowest BCUT2D eigenvalue weighted by Crippen LogP contribution is -2.21. The van der Waals surface area contributed by atoms with E-state index in [1.54, 1.807) is 19.1 Å². The highest BCUT2D eigenvalue weighted by atomic mass is 32.2. The molecule has 2 N–H and O–H groups in total. The number of anilines is 1. The maximum Gasteiger partial charge on any atom is 0.250 e. The second kappa shape index (κ2) is 11.7. The third kappa shape index (κ3) is 5.90. The summed E-state index contributed by atoms with van der Waals surface area (Å²) in [6, 6.07) is 30.1. The minimum atomic E-state index is -0.323. The van der Waals surface area contributed by atoms with E-state index in [9.17, 15) is 9.18 Å². The van der Waals surface area contributed by atoms with Crippen LogP contribution < -0.4 is 10.7 Å². The van der Waals surface area contributed by atoms with Gasteiger partial charge in [-0.3, -0.25) is 9.36 Å². The number of para-hydroxylation sites is 1. The molecule has 0 aliphatic heterocycles. The third-order valence-electron chi connectivity index (χ3n) is 5.88. The van der Waals surface area contributed by atoms with E-state index in [0.717, 1.165) is 33.5 Å². The van der Waals surface area contributed by atoms with Gasteiger partial charge >= 0.3 is 0 Å². The van der Waals surface area contributed by atoms with E-state index in [1.807, 2.05) is 59.2 Å². The summed E-state index contributed by atoms with van der Waals surface area (Å²) < 4.78 is 15.1. The summed E-state index contributed by atoms with van der Waals surface area (Å²) in [7, 11) is 0. The Hall–Kier alpha value is -4.50. The van der Waals surface area contributed by atoms with Crippen molar-refractivity contribution in [3.05, 3.63) is 114 Å². The van der Waals surface area contributed by atoms with Crippen LogP contribution in [0.4, 0.5) is 10.1 Å². The highest BCUT2D eigenvalue weighted by molar-refractivity contribution is 7.99. The number of hydrogen-bond acceptors (Lipinski definition) is 6. The molecule has 0 atom stereocenters. The second-order valence-corrected chi connectivity index (χ2v) is 9.42. The third-order valence-corrected chi connectivity index (χ3v) is 6.81. The van der Waals surface area contributed by atoms with Crippen LogP contribution in [-0.4, -0.2) is 32.1 Å². The number of nitrogens with one attached hydrogen (secondary N) is 2. The van der Waals surface area contributed by atoms with Gasteiger partial charge in [0.05, 0.1) is 18.0 Å². The normalized spacial score (nSPS) is 11.5. The summed E-state index contributed by atoms with van der Waals surface area (Å²) >= 11 is 1.28. The van der Waals surface area contributed by atoms with Gasteiger partial charge in [-0.25, -0.2) is 9.82 Å². The largest absolute Gasteiger partial charge is 0.377 e.